The van der Waals surface area contributed by atoms with Crippen LogP contribution >= 0.6 is 0 Å². The fourth-order valence-corrected chi connectivity index (χ4v) is 4.20. The molecule has 0 aliphatic carbocycles. The maximum atomic E-state index is 12.3. The van der Waals surface area contributed by atoms with E-state index in [9.17, 15) is 4.79 Å². The average molecular weight is 398 g/mol. The van der Waals surface area contributed by atoms with Crippen molar-refractivity contribution in [3.8, 4) is 22.4 Å². The van der Waals surface area contributed by atoms with Crippen LogP contribution in [0.25, 0.3) is 55.4 Å². The molecule has 6 rings (SSSR count). The fourth-order valence-electron chi connectivity index (χ4n) is 4.20. The SMILES string of the molecule is Cn1cc(-c2[nH]c3ncc4c([nH]c(=O)n4C)c3c2-c2ccc3c(cnn3C)c2)cn1. The first kappa shape index (κ1) is 16.8. The van der Waals surface area contributed by atoms with E-state index in [4.69, 9.17) is 0 Å². The maximum absolute atomic E-state index is 12.3. The van der Waals surface area contributed by atoms with E-state index < -0.39 is 0 Å². The number of aromatic nitrogens is 8. The molecule has 0 saturated carbocycles. The molecule has 0 aliphatic rings. The number of rotatable bonds is 2. The number of nitrogens with one attached hydrogen (secondary N) is 2. The number of benzene rings is 1. The van der Waals surface area contributed by atoms with Crippen LogP contribution in [0.4, 0.5) is 0 Å². The van der Waals surface area contributed by atoms with Gasteiger partial charge in [0.05, 0.1) is 46.2 Å². The van der Waals surface area contributed by atoms with Crippen LogP contribution in [0.5, 0.6) is 0 Å². The summed E-state index contributed by atoms with van der Waals surface area (Å²) < 4.78 is 5.19. The number of H-pyrrole nitrogens is 2. The molecule has 0 saturated heterocycles. The van der Waals surface area contributed by atoms with Crippen molar-refractivity contribution < 1.29 is 0 Å². The molecule has 0 aliphatic heterocycles. The summed E-state index contributed by atoms with van der Waals surface area (Å²) in [6, 6.07) is 6.25. The van der Waals surface area contributed by atoms with E-state index in [1.54, 1.807) is 22.5 Å². The third kappa shape index (κ3) is 2.17. The van der Waals surface area contributed by atoms with Gasteiger partial charge < -0.3 is 9.97 Å². The lowest BCUT2D eigenvalue weighted by molar-refractivity contribution is 0.768. The third-order valence-corrected chi connectivity index (χ3v) is 5.73. The van der Waals surface area contributed by atoms with Gasteiger partial charge in [-0.15, -0.1) is 0 Å². The van der Waals surface area contributed by atoms with Gasteiger partial charge in [-0.1, -0.05) is 6.07 Å². The van der Waals surface area contributed by atoms with Gasteiger partial charge in [0.2, 0.25) is 0 Å². The monoisotopic (exact) mass is 398 g/mol. The number of hydrogen-bond acceptors (Lipinski definition) is 4. The highest BCUT2D eigenvalue weighted by Crippen LogP contribution is 2.40. The molecule has 148 valence electrons. The van der Waals surface area contributed by atoms with E-state index in [1.807, 2.05) is 37.4 Å². The van der Waals surface area contributed by atoms with Gasteiger partial charge in [-0.05, 0) is 17.7 Å². The Morgan fingerprint density at radius 1 is 0.933 bits per heavy atom. The van der Waals surface area contributed by atoms with Gasteiger partial charge in [-0.3, -0.25) is 13.9 Å². The molecular formula is C21H18N8O. The number of hydrogen-bond donors (Lipinski definition) is 2. The van der Waals surface area contributed by atoms with Gasteiger partial charge >= 0.3 is 5.69 Å². The Balaban J connectivity index is 1.78. The highest BCUT2D eigenvalue weighted by atomic mass is 16.1. The summed E-state index contributed by atoms with van der Waals surface area (Å²) in [6.45, 7) is 0. The van der Waals surface area contributed by atoms with Gasteiger partial charge in [-0.25, -0.2) is 9.78 Å². The van der Waals surface area contributed by atoms with Gasteiger partial charge in [0, 0.05) is 43.9 Å². The van der Waals surface area contributed by atoms with Crippen molar-refractivity contribution in [3.05, 3.63) is 53.5 Å². The molecule has 9 heteroatoms. The van der Waals surface area contributed by atoms with Gasteiger partial charge in [0.25, 0.3) is 0 Å². The van der Waals surface area contributed by atoms with Crippen LogP contribution in [-0.2, 0) is 21.1 Å². The molecule has 9 nitrogen and oxygen atoms in total. The van der Waals surface area contributed by atoms with E-state index in [0.717, 1.165) is 49.7 Å². The van der Waals surface area contributed by atoms with Crippen molar-refractivity contribution in [1.29, 1.82) is 0 Å². The number of fused-ring (bicyclic) bond motifs is 4. The molecule has 0 radical (unpaired) electrons. The molecule has 30 heavy (non-hydrogen) atoms. The number of aryl methyl sites for hydroxylation is 3. The molecule has 5 aromatic heterocycles. The minimum atomic E-state index is -0.169. The second-order valence-corrected chi connectivity index (χ2v) is 7.55. The van der Waals surface area contributed by atoms with Crippen molar-refractivity contribution >= 4 is 33.0 Å². The summed E-state index contributed by atoms with van der Waals surface area (Å²) in [5.41, 5.74) is 6.96. The van der Waals surface area contributed by atoms with E-state index in [1.165, 1.54) is 0 Å². The first-order chi connectivity index (χ1) is 14.5. The van der Waals surface area contributed by atoms with Crippen molar-refractivity contribution in [2.24, 2.45) is 21.1 Å². The van der Waals surface area contributed by atoms with E-state index in [0.29, 0.717) is 5.65 Å². The number of pyridine rings is 1. The number of aromatic amines is 2. The molecule has 0 bridgehead atoms. The molecule has 0 spiro atoms. The molecular weight excluding hydrogens is 380 g/mol. The van der Waals surface area contributed by atoms with Crippen molar-refractivity contribution in [2.75, 3.05) is 0 Å². The number of nitrogens with zero attached hydrogens (tertiary/aromatic N) is 6. The van der Waals surface area contributed by atoms with Crippen LogP contribution in [0.1, 0.15) is 0 Å². The van der Waals surface area contributed by atoms with Crippen molar-refractivity contribution in [2.45, 2.75) is 0 Å². The van der Waals surface area contributed by atoms with Crippen LogP contribution in [0.2, 0.25) is 0 Å². The molecule has 1 aromatic carbocycles. The van der Waals surface area contributed by atoms with Crippen molar-refractivity contribution in [3.63, 3.8) is 0 Å². The van der Waals surface area contributed by atoms with Crippen LogP contribution in [0.3, 0.4) is 0 Å². The highest BCUT2D eigenvalue weighted by molar-refractivity contribution is 6.14. The van der Waals surface area contributed by atoms with Crippen LogP contribution in [-0.4, -0.2) is 39.1 Å². The van der Waals surface area contributed by atoms with Crippen LogP contribution in [0.15, 0.2) is 47.8 Å². The Morgan fingerprint density at radius 2 is 1.80 bits per heavy atom. The fraction of sp³-hybridized carbons (Fsp3) is 0.143. The lowest BCUT2D eigenvalue weighted by Crippen LogP contribution is -2.11. The number of imidazole rings is 1. The summed E-state index contributed by atoms with van der Waals surface area (Å²) in [7, 11) is 5.56. The molecule has 0 amide bonds. The molecule has 6 aromatic rings. The minimum absolute atomic E-state index is 0.169. The Hall–Kier alpha value is -4.14. The molecule has 2 N–H and O–H groups in total. The summed E-state index contributed by atoms with van der Waals surface area (Å²) in [5, 5.41) is 10.6. The topological polar surface area (TPSA) is 102 Å². The molecule has 0 unspecified atom stereocenters. The maximum Gasteiger partial charge on any atom is 0.326 e. The van der Waals surface area contributed by atoms with Gasteiger partial charge in [0.15, 0.2) is 0 Å². The third-order valence-electron chi connectivity index (χ3n) is 5.73. The summed E-state index contributed by atoms with van der Waals surface area (Å²) >= 11 is 0. The standard InChI is InChI=1S/C21H18N8O/c1-27-10-13(8-23-27)18-16(11-4-5-14-12(6-11)7-24-29(14)3)17-19-15(9-22-20(17)25-18)28(2)21(30)26-19/h4-10H,1-3H3,(H,22,25)(H,26,30). The zero-order valence-electron chi connectivity index (χ0n) is 16.6. The lowest BCUT2D eigenvalue weighted by Gasteiger charge is -2.05. The van der Waals surface area contributed by atoms with E-state index in [-0.39, 0.29) is 5.69 Å². The summed E-state index contributed by atoms with van der Waals surface area (Å²) in [5.74, 6) is 0. The van der Waals surface area contributed by atoms with E-state index >= 15 is 0 Å². The summed E-state index contributed by atoms with van der Waals surface area (Å²) in [4.78, 5) is 23.4. The van der Waals surface area contributed by atoms with Gasteiger partial charge in [0.1, 0.15) is 5.65 Å². The smallest absolute Gasteiger partial charge is 0.326 e. The summed E-state index contributed by atoms with van der Waals surface area (Å²) in [6.07, 6.45) is 7.35. The first-order valence-corrected chi connectivity index (χ1v) is 9.52. The van der Waals surface area contributed by atoms with Crippen LogP contribution < -0.4 is 5.69 Å². The second-order valence-electron chi connectivity index (χ2n) is 7.55. The highest BCUT2D eigenvalue weighted by Gasteiger charge is 2.21. The Labute approximate surface area is 169 Å². The normalized spacial score (nSPS) is 12.0. The Kier molecular flexibility index (Phi) is 3.18. The molecule has 0 atom stereocenters. The lowest BCUT2D eigenvalue weighted by atomic mass is 9.98. The Morgan fingerprint density at radius 3 is 2.60 bits per heavy atom. The van der Waals surface area contributed by atoms with Crippen LogP contribution in [0, 0.1) is 0 Å². The quantitative estimate of drug-likeness (QED) is 0.468. The second kappa shape index (κ2) is 5.69. The largest absolute Gasteiger partial charge is 0.339 e. The zero-order chi connectivity index (χ0) is 20.6. The van der Waals surface area contributed by atoms with Crippen molar-refractivity contribution in [1.82, 2.24) is 39.1 Å². The first-order valence-electron chi connectivity index (χ1n) is 9.52. The minimum Gasteiger partial charge on any atom is -0.339 e. The van der Waals surface area contributed by atoms with Gasteiger partial charge in [-0.2, -0.15) is 10.2 Å². The predicted octanol–water partition coefficient (Wildman–Crippen LogP) is 2.70. The Bertz CT molecular complexity index is 1660. The predicted molar refractivity (Wildman–Crippen MR) is 115 cm³/mol. The molecule has 0 fully saturated rings. The zero-order valence-corrected chi connectivity index (χ0v) is 16.6. The average Bonchev–Trinajstić information content (AvgIpc) is 3.48. The molecule has 5 heterocycles. The van der Waals surface area contributed by atoms with E-state index in [2.05, 4.69) is 43.3 Å².